The Bertz CT molecular complexity index is 510. The van der Waals surface area contributed by atoms with Gasteiger partial charge in [-0.05, 0) is 67.4 Å². The van der Waals surface area contributed by atoms with Crippen LogP contribution in [0.1, 0.15) is 50.3 Å². The third kappa shape index (κ3) is 8.91. The van der Waals surface area contributed by atoms with Gasteiger partial charge in [0, 0.05) is 18.0 Å². The van der Waals surface area contributed by atoms with E-state index in [1.54, 1.807) is 6.07 Å². The van der Waals surface area contributed by atoms with Crippen LogP contribution in [0.4, 0.5) is 13.2 Å². The first-order chi connectivity index (χ1) is 10.8. The third-order valence-corrected chi connectivity index (χ3v) is 4.68. The first kappa shape index (κ1) is 28.5. The molecule has 2 rings (SSSR count). The van der Waals surface area contributed by atoms with E-state index in [0.29, 0.717) is 22.9 Å². The van der Waals surface area contributed by atoms with Crippen molar-refractivity contribution in [1.29, 1.82) is 0 Å². The summed E-state index contributed by atoms with van der Waals surface area (Å²) in [6.45, 7) is 10.1. The minimum absolute atomic E-state index is 0. The molecule has 1 unspecified atom stereocenters. The molecule has 1 fully saturated rings. The summed E-state index contributed by atoms with van der Waals surface area (Å²) < 4.78 is 39.4. The smallest absolute Gasteiger partial charge is 0.358 e. The quantitative estimate of drug-likeness (QED) is 0.516. The molecule has 0 amide bonds. The number of rotatable bonds is 3. The van der Waals surface area contributed by atoms with Crippen LogP contribution in [0.25, 0.3) is 0 Å². The standard InChI is InChI=1S/C15H21F3N2S.C2H6.CH3.Cs/c1-10-4-3-5-20(8-10)9-12-6-13(15(16,17)18)11(2)14(7-12)21-19;1-2;;/h6-7,10H,3-5,8-9,19H2,1-2H3;1-2H3;1H3;/q;;-1;+1. The van der Waals surface area contributed by atoms with Crippen LogP contribution in [0.3, 0.4) is 0 Å². The third-order valence-electron chi connectivity index (χ3n) is 4.00. The van der Waals surface area contributed by atoms with Crippen LogP contribution >= 0.6 is 11.9 Å². The van der Waals surface area contributed by atoms with Crippen molar-refractivity contribution in [2.45, 2.75) is 58.2 Å². The molecule has 0 radical (unpaired) electrons. The van der Waals surface area contributed by atoms with Gasteiger partial charge in [0.15, 0.2) is 0 Å². The summed E-state index contributed by atoms with van der Waals surface area (Å²) in [5.74, 6) is 0.606. The van der Waals surface area contributed by atoms with Crippen LogP contribution in [-0.2, 0) is 12.7 Å². The van der Waals surface area contributed by atoms with Crippen molar-refractivity contribution >= 4 is 11.9 Å². The van der Waals surface area contributed by atoms with Crippen LogP contribution in [0.15, 0.2) is 17.0 Å². The zero-order valence-electron chi connectivity index (χ0n) is 16.3. The summed E-state index contributed by atoms with van der Waals surface area (Å²) in [4.78, 5) is 2.73. The molecule has 2 N–H and O–H groups in total. The largest absolute Gasteiger partial charge is 1.00 e. The summed E-state index contributed by atoms with van der Waals surface area (Å²) in [6, 6.07) is 3.06. The monoisotopic (exact) mass is 496 g/mol. The van der Waals surface area contributed by atoms with E-state index >= 15 is 0 Å². The van der Waals surface area contributed by atoms with Gasteiger partial charge in [-0.3, -0.25) is 10.0 Å². The molecule has 1 aromatic rings. The number of benzene rings is 1. The normalized spacial score (nSPS) is 17.7. The van der Waals surface area contributed by atoms with Crippen molar-refractivity contribution in [3.63, 3.8) is 0 Å². The Morgan fingerprint density at radius 3 is 2.36 bits per heavy atom. The van der Waals surface area contributed by atoms with Crippen molar-refractivity contribution in [2.75, 3.05) is 13.1 Å². The predicted molar refractivity (Wildman–Crippen MR) is 97.7 cm³/mol. The minimum atomic E-state index is -4.33. The second kappa shape index (κ2) is 13.5. The molecule has 1 heterocycles. The molecule has 1 saturated heterocycles. The molecule has 1 aliphatic rings. The molecule has 0 spiro atoms. The van der Waals surface area contributed by atoms with E-state index in [1.165, 1.54) is 19.4 Å². The number of hydrogen-bond donors (Lipinski definition) is 1. The fourth-order valence-corrected chi connectivity index (χ4v) is 3.45. The zero-order valence-corrected chi connectivity index (χ0v) is 23.4. The Labute approximate surface area is 214 Å². The number of nitrogens with zero attached hydrogens (tertiary/aromatic N) is 1. The maximum Gasteiger partial charge on any atom is 1.00 e. The van der Waals surface area contributed by atoms with Gasteiger partial charge >= 0.3 is 75.1 Å². The summed E-state index contributed by atoms with van der Waals surface area (Å²) in [5, 5.41) is 5.52. The molecule has 0 aliphatic carbocycles. The maximum absolute atomic E-state index is 13.1. The van der Waals surface area contributed by atoms with E-state index in [-0.39, 0.29) is 81.9 Å². The molecular weight excluding hydrogens is 466 g/mol. The Kier molecular flexibility index (Phi) is 15.4. The van der Waals surface area contributed by atoms with Crippen LogP contribution in [0.2, 0.25) is 0 Å². The molecule has 25 heavy (non-hydrogen) atoms. The van der Waals surface area contributed by atoms with E-state index in [4.69, 9.17) is 5.14 Å². The van der Waals surface area contributed by atoms with E-state index in [2.05, 4.69) is 11.8 Å². The van der Waals surface area contributed by atoms with Gasteiger partial charge in [0.25, 0.3) is 0 Å². The van der Waals surface area contributed by atoms with Crippen LogP contribution in [-0.4, -0.2) is 18.0 Å². The zero-order chi connectivity index (χ0) is 17.6. The summed E-state index contributed by atoms with van der Waals surface area (Å²) in [6.07, 6.45) is -2.03. The van der Waals surface area contributed by atoms with Gasteiger partial charge in [-0.15, -0.1) is 0 Å². The van der Waals surface area contributed by atoms with Crippen molar-refractivity contribution < 1.29 is 82.1 Å². The Morgan fingerprint density at radius 1 is 1.28 bits per heavy atom. The molecular formula is C18H30CsF3N2S. The van der Waals surface area contributed by atoms with E-state index < -0.39 is 11.7 Å². The Balaban J connectivity index is 0. The van der Waals surface area contributed by atoms with E-state index in [0.717, 1.165) is 31.5 Å². The average molecular weight is 496 g/mol. The molecule has 1 aromatic carbocycles. The average Bonchev–Trinajstić information content (AvgIpc) is 2.50. The fraction of sp³-hybridized carbons (Fsp3) is 0.611. The van der Waals surface area contributed by atoms with Gasteiger partial charge in [-0.1, -0.05) is 20.8 Å². The molecule has 140 valence electrons. The van der Waals surface area contributed by atoms with Crippen molar-refractivity contribution in [2.24, 2.45) is 11.1 Å². The number of hydrogen-bond acceptors (Lipinski definition) is 3. The fourth-order valence-electron chi connectivity index (χ4n) is 2.94. The summed E-state index contributed by atoms with van der Waals surface area (Å²) in [7, 11) is 0. The molecule has 7 heteroatoms. The number of likely N-dealkylation sites (tertiary alicyclic amines) is 1. The van der Waals surface area contributed by atoms with Crippen LogP contribution in [0.5, 0.6) is 0 Å². The molecule has 0 aromatic heterocycles. The van der Waals surface area contributed by atoms with Crippen molar-refractivity contribution in [3.8, 4) is 0 Å². The summed E-state index contributed by atoms with van der Waals surface area (Å²) in [5.41, 5.74) is 0.332. The first-order valence-corrected chi connectivity index (χ1v) is 8.99. The molecule has 0 bridgehead atoms. The number of halogens is 3. The molecule has 0 saturated carbocycles. The van der Waals surface area contributed by atoms with Crippen LogP contribution in [0, 0.1) is 20.3 Å². The molecule has 2 nitrogen and oxygen atoms in total. The van der Waals surface area contributed by atoms with Gasteiger partial charge in [0.2, 0.25) is 0 Å². The Hall–Kier alpha value is 1.33. The van der Waals surface area contributed by atoms with E-state index in [1.807, 2.05) is 13.8 Å². The van der Waals surface area contributed by atoms with Gasteiger partial charge in [0.1, 0.15) is 0 Å². The number of nitrogens with two attached hydrogens (primary N) is 1. The number of alkyl halides is 3. The second-order valence-electron chi connectivity index (χ2n) is 5.86. The van der Waals surface area contributed by atoms with Gasteiger partial charge in [-0.2, -0.15) is 13.2 Å². The summed E-state index contributed by atoms with van der Waals surface area (Å²) >= 11 is 0.884. The topological polar surface area (TPSA) is 29.3 Å². The Morgan fingerprint density at radius 2 is 1.88 bits per heavy atom. The second-order valence-corrected chi connectivity index (χ2v) is 6.54. The molecule has 1 aliphatic heterocycles. The molecule has 1 atom stereocenters. The SMILES string of the molecule is CC.Cc1c(SN)cc(CN2CCCC(C)C2)cc1C(F)(F)F.[CH3-].[Cs+]. The van der Waals surface area contributed by atoms with Crippen LogP contribution < -0.4 is 74.0 Å². The van der Waals surface area contributed by atoms with Gasteiger partial charge in [0.05, 0.1) is 5.56 Å². The maximum atomic E-state index is 13.1. The number of piperidine rings is 1. The predicted octanol–water partition coefficient (Wildman–Crippen LogP) is 2.69. The first-order valence-electron chi connectivity index (χ1n) is 8.11. The van der Waals surface area contributed by atoms with Crippen molar-refractivity contribution in [1.82, 2.24) is 4.90 Å². The van der Waals surface area contributed by atoms with Gasteiger partial charge in [-0.25, -0.2) is 0 Å². The minimum Gasteiger partial charge on any atom is -0.358 e. The van der Waals surface area contributed by atoms with Crippen molar-refractivity contribution in [3.05, 3.63) is 36.2 Å². The van der Waals surface area contributed by atoms with Gasteiger partial charge < -0.3 is 7.43 Å². The van der Waals surface area contributed by atoms with E-state index in [9.17, 15) is 13.2 Å².